The van der Waals surface area contributed by atoms with Crippen LogP contribution in [0.5, 0.6) is 0 Å². The Hall–Kier alpha value is -1.39. The van der Waals surface area contributed by atoms with Crippen LogP contribution in [0.1, 0.15) is 36.8 Å². The summed E-state index contributed by atoms with van der Waals surface area (Å²) in [7, 11) is 1.42. The minimum Gasteiger partial charge on any atom is -0.468 e. The zero-order valence-corrected chi connectivity index (χ0v) is 12.9. The molecule has 4 heteroatoms. The fourth-order valence-corrected chi connectivity index (χ4v) is 3.10. The molecule has 1 aromatic carbocycles. The molecular formula is C17H25NO3. The first-order chi connectivity index (χ1) is 10.1. The van der Waals surface area contributed by atoms with Crippen molar-refractivity contribution in [1.29, 1.82) is 0 Å². The van der Waals surface area contributed by atoms with Crippen molar-refractivity contribution in [2.75, 3.05) is 20.3 Å². The molecule has 4 nitrogen and oxygen atoms in total. The average molecular weight is 291 g/mol. The number of hydrogen-bond donors (Lipinski definition) is 1. The van der Waals surface area contributed by atoms with Crippen LogP contribution in [-0.2, 0) is 19.7 Å². The van der Waals surface area contributed by atoms with Gasteiger partial charge in [0.1, 0.15) is 5.41 Å². The number of methoxy groups -OCH3 is 1. The van der Waals surface area contributed by atoms with Crippen molar-refractivity contribution in [1.82, 2.24) is 0 Å². The van der Waals surface area contributed by atoms with E-state index in [9.17, 15) is 4.79 Å². The molecule has 1 aliphatic rings. The van der Waals surface area contributed by atoms with Crippen LogP contribution >= 0.6 is 0 Å². The molecule has 1 fully saturated rings. The lowest BCUT2D eigenvalue weighted by molar-refractivity contribution is -0.149. The first-order valence-corrected chi connectivity index (χ1v) is 7.59. The Kier molecular flexibility index (Phi) is 5.37. The summed E-state index contributed by atoms with van der Waals surface area (Å²) in [6, 6.07) is 7.95. The Labute approximate surface area is 126 Å². The minimum absolute atomic E-state index is 0.0712. The van der Waals surface area contributed by atoms with Gasteiger partial charge in [-0.1, -0.05) is 29.8 Å². The molecule has 1 aliphatic heterocycles. The molecule has 21 heavy (non-hydrogen) atoms. The Morgan fingerprint density at radius 3 is 2.86 bits per heavy atom. The molecule has 2 rings (SSSR count). The lowest BCUT2D eigenvalue weighted by atomic mass is 9.74. The first-order valence-electron chi connectivity index (χ1n) is 7.59. The van der Waals surface area contributed by atoms with Gasteiger partial charge in [-0.15, -0.1) is 0 Å². The van der Waals surface area contributed by atoms with Gasteiger partial charge in [-0.3, -0.25) is 4.79 Å². The molecule has 0 amide bonds. The van der Waals surface area contributed by atoms with Gasteiger partial charge >= 0.3 is 5.97 Å². The monoisotopic (exact) mass is 291 g/mol. The Morgan fingerprint density at radius 2 is 2.29 bits per heavy atom. The van der Waals surface area contributed by atoms with E-state index < -0.39 is 5.41 Å². The number of carbonyl (C=O) groups is 1. The van der Waals surface area contributed by atoms with Crippen LogP contribution < -0.4 is 5.73 Å². The standard InChI is InChI=1S/C17H25NO3/c1-13-6-5-7-14(10-13)17(12-18,16(19)20-2)11-15-8-3-4-9-21-15/h5-7,10,15H,3-4,8-9,11-12,18H2,1-2H3. The van der Waals surface area contributed by atoms with E-state index in [0.717, 1.165) is 37.0 Å². The highest BCUT2D eigenvalue weighted by Crippen LogP contribution is 2.34. The highest BCUT2D eigenvalue weighted by Gasteiger charge is 2.42. The van der Waals surface area contributed by atoms with Crippen molar-refractivity contribution < 1.29 is 14.3 Å². The predicted molar refractivity (Wildman–Crippen MR) is 82.1 cm³/mol. The molecule has 0 spiro atoms. The van der Waals surface area contributed by atoms with Gasteiger partial charge in [-0.2, -0.15) is 0 Å². The van der Waals surface area contributed by atoms with E-state index in [1.54, 1.807) is 0 Å². The van der Waals surface area contributed by atoms with Crippen LogP contribution in [0, 0.1) is 6.92 Å². The molecule has 2 atom stereocenters. The van der Waals surface area contributed by atoms with Crippen molar-refractivity contribution in [3.8, 4) is 0 Å². The molecule has 0 aromatic heterocycles. The van der Waals surface area contributed by atoms with Gasteiger partial charge in [0.25, 0.3) is 0 Å². The summed E-state index contributed by atoms with van der Waals surface area (Å²) in [6.07, 6.45) is 3.86. The summed E-state index contributed by atoms with van der Waals surface area (Å²) in [5.41, 5.74) is 7.24. The zero-order valence-electron chi connectivity index (χ0n) is 12.9. The summed E-state index contributed by atoms with van der Waals surface area (Å²) in [6.45, 7) is 3.00. The maximum Gasteiger partial charge on any atom is 0.317 e. The second-order valence-corrected chi connectivity index (χ2v) is 5.84. The summed E-state index contributed by atoms with van der Waals surface area (Å²) in [5, 5.41) is 0. The first kappa shape index (κ1) is 16.0. The van der Waals surface area contributed by atoms with Crippen molar-refractivity contribution in [2.45, 2.75) is 44.1 Å². The summed E-state index contributed by atoms with van der Waals surface area (Å²) >= 11 is 0. The smallest absolute Gasteiger partial charge is 0.317 e. The number of ether oxygens (including phenoxy) is 2. The van der Waals surface area contributed by atoms with Crippen LogP contribution in [0.2, 0.25) is 0 Å². The van der Waals surface area contributed by atoms with E-state index in [2.05, 4.69) is 0 Å². The van der Waals surface area contributed by atoms with Crippen molar-refractivity contribution >= 4 is 5.97 Å². The highest BCUT2D eigenvalue weighted by atomic mass is 16.5. The number of aryl methyl sites for hydroxylation is 1. The Bertz CT molecular complexity index is 483. The van der Waals surface area contributed by atoms with Gasteiger partial charge in [-0.05, 0) is 38.2 Å². The quantitative estimate of drug-likeness (QED) is 0.846. The average Bonchev–Trinajstić information content (AvgIpc) is 2.53. The molecule has 0 radical (unpaired) electrons. The largest absolute Gasteiger partial charge is 0.468 e. The third kappa shape index (κ3) is 3.44. The lowest BCUT2D eigenvalue weighted by Crippen LogP contribution is -2.47. The summed E-state index contributed by atoms with van der Waals surface area (Å²) in [5.74, 6) is -0.273. The number of hydrogen-bond acceptors (Lipinski definition) is 4. The van der Waals surface area contributed by atoms with E-state index in [1.165, 1.54) is 7.11 Å². The van der Waals surface area contributed by atoms with Crippen molar-refractivity contribution in [3.63, 3.8) is 0 Å². The minimum atomic E-state index is -0.817. The van der Waals surface area contributed by atoms with Gasteiger partial charge in [0.05, 0.1) is 13.2 Å². The fourth-order valence-electron chi connectivity index (χ4n) is 3.10. The van der Waals surface area contributed by atoms with Gasteiger partial charge in [0.15, 0.2) is 0 Å². The maximum atomic E-state index is 12.5. The maximum absolute atomic E-state index is 12.5. The SMILES string of the molecule is COC(=O)C(CN)(CC1CCCCO1)c1cccc(C)c1. The normalized spacial score (nSPS) is 21.6. The second kappa shape index (κ2) is 7.05. The molecule has 0 aliphatic carbocycles. The van der Waals surface area contributed by atoms with Gasteiger partial charge < -0.3 is 15.2 Å². The molecule has 1 heterocycles. The molecule has 1 saturated heterocycles. The van der Waals surface area contributed by atoms with Crippen LogP contribution in [0.3, 0.4) is 0 Å². The highest BCUT2D eigenvalue weighted by molar-refractivity contribution is 5.83. The van der Waals surface area contributed by atoms with E-state index in [4.69, 9.17) is 15.2 Å². The number of esters is 1. The summed E-state index contributed by atoms with van der Waals surface area (Å²) < 4.78 is 10.9. The lowest BCUT2D eigenvalue weighted by Gasteiger charge is -2.35. The van der Waals surface area contributed by atoms with E-state index >= 15 is 0 Å². The molecule has 0 saturated carbocycles. The number of nitrogens with two attached hydrogens (primary N) is 1. The predicted octanol–water partition coefficient (Wildman–Crippen LogP) is 2.32. The van der Waals surface area contributed by atoms with Crippen LogP contribution in [0.4, 0.5) is 0 Å². The van der Waals surface area contributed by atoms with Crippen LogP contribution in [0.25, 0.3) is 0 Å². The van der Waals surface area contributed by atoms with Gasteiger partial charge in [0, 0.05) is 13.2 Å². The molecule has 2 N–H and O–H groups in total. The zero-order chi connectivity index (χ0) is 15.3. The second-order valence-electron chi connectivity index (χ2n) is 5.84. The van der Waals surface area contributed by atoms with Crippen LogP contribution in [0.15, 0.2) is 24.3 Å². The van der Waals surface area contributed by atoms with E-state index in [-0.39, 0.29) is 18.6 Å². The molecule has 1 aromatic rings. The van der Waals surface area contributed by atoms with Crippen LogP contribution in [-0.4, -0.2) is 32.3 Å². The molecular weight excluding hydrogens is 266 g/mol. The Morgan fingerprint density at radius 1 is 1.48 bits per heavy atom. The number of rotatable bonds is 5. The molecule has 0 bridgehead atoms. The van der Waals surface area contributed by atoms with Gasteiger partial charge in [0.2, 0.25) is 0 Å². The number of benzene rings is 1. The third-order valence-electron chi connectivity index (χ3n) is 4.35. The van der Waals surface area contributed by atoms with Gasteiger partial charge in [-0.25, -0.2) is 0 Å². The summed E-state index contributed by atoms with van der Waals surface area (Å²) in [4.78, 5) is 12.5. The topological polar surface area (TPSA) is 61.5 Å². The van der Waals surface area contributed by atoms with E-state index in [0.29, 0.717) is 6.42 Å². The molecule has 2 unspecified atom stereocenters. The fraction of sp³-hybridized carbons (Fsp3) is 0.588. The van der Waals surface area contributed by atoms with E-state index in [1.807, 2.05) is 31.2 Å². The number of carbonyl (C=O) groups excluding carboxylic acids is 1. The van der Waals surface area contributed by atoms with Crippen molar-refractivity contribution in [2.24, 2.45) is 5.73 Å². The Balaban J connectivity index is 2.34. The van der Waals surface area contributed by atoms with Crippen molar-refractivity contribution in [3.05, 3.63) is 35.4 Å². The molecule has 116 valence electrons. The third-order valence-corrected chi connectivity index (χ3v) is 4.35.